The number of carbonyl (C=O) groups excluding carboxylic acids is 1. The van der Waals surface area contributed by atoms with Gasteiger partial charge in [0, 0.05) is 31.0 Å². The zero-order valence-corrected chi connectivity index (χ0v) is 12.8. The molecule has 2 N–H and O–H groups in total. The first-order valence-corrected chi connectivity index (χ1v) is 8.58. The average molecular weight is 309 g/mol. The third-order valence-electron chi connectivity index (χ3n) is 3.63. The first-order valence-electron chi connectivity index (χ1n) is 6.68. The van der Waals surface area contributed by atoms with E-state index < -0.39 is 15.7 Å². The number of amides is 1. The summed E-state index contributed by atoms with van der Waals surface area (Å²) in [5, 5.41) is 0. The van der Waals surface area contributed by atoms with Crippen LogP contribution in [-0.4, -0.2) is 46.4 Å². The number of aliphatic imine (C=N–C) groups is 1. The predicted molar refractivity (Wildman–Crippen MR) is 82.9 cm³/mol. The van der Waals surface area contributed by atoms with Gasteiger partial charge in [0.05, 0.1) is 10.6 Å². The number of nitrogens with zero attached hydrogens (tertiary/aromatic N) is 2. The lowest BCUT2D eigenvalue weighted by molar-refractivity contribution is 0.100. The highest BCUT2D eigenvalue weighted by Gasteiger charge is 2.23. The fourth-order valence-corrected chi connectivity index (χ4v) is 3.36. The van der Waals surface area contributed by atoms with E-state index in [1.165, 1.54) is 6.07 Å². The molecule has 1 heterocycles. The molecule has 1 amide bonds. The second kappa shape index (κ2) is 5.95. The van der Waals surface area contributed by atoms with Gasteiger partial charge in [-0.25, -0.2) is 13.4 Å². The lowest BCUT2D eigenvalue weighted by Gasteiger charge is -2.33. The van der Waals surface area contributed by atoms with Crippen molar-refractivity contribution in [3.05, 3.63) is 23.8 Å². The Morgan fingerprint density at radius 1 is 1.38 bits per heavy atom. The highest BCUT2D eigenvalue weighted by atomic mass is 32.2. The van der Waals surface area contributed by atoms with Crippen LogP contribution in [0.5, 0.6) is 0 Å². The molecule has 1 aromatic carbocycles. The molecule has 0 unspecified atom stereocenters. The topological polar surface area (TPSA) is 92.8 Å². The zero-order valence-electron chi connectivity index (χ0n) is 11.9. The van der Waals surface area contributed by atoms with Crippen molar-refractivity contribution in [3.63, 3.8) is 0 Å². The second-order valence-electron chi connectivity index (χ2n) is 5.24. The minimum absolute atomic E-state index is 0.146. The third kappa shape index (κ3) is 3.48. The number of piperidine rings is 1. The number of carbonyl (C=O) groups is 1. The van der Waals surface area contributed by atoms with Crippen molar-refractivity contribution >= 4 is 28.1 Å². The summed E-state index contributed by atoms with van der Waals surface area (Å²) < 4.78 is 24.0. The molecule has 0 atom stereocenters. The Kier molecular flexibility index (Phi) is 4.43. The molecule has 0 bridgehead atoms. The van der Waals surface area contributed by atoms with Crippen molar-refractivity contribution in [2.24, 2.45) is 10.7 Å². The summed E-state index contributed by atoms with van der Waals surface area (Å²) in [6.45, 7) is 4.59. The van der Waals surface area contributed by atoms with Gasteiger partial charge in [-0.05, 0) is 37.8 Å². The number of nitrogens with two attached hydrogens (primary N) is 1. The number of hydrogen-bond donors (Lipinski definition) is 1. The maximum absolute atomic E-state index is 12.0. The Morgan fingerprint density at radius 2 is 2.00 bits per heavy atom. The molecule has 1 saturated heterocycles. The van der Waals surface area contributed by atoms with Crippen LogP contribution in [0.15, 0.2) is 28.1 Å². The van der Waals surface area contributed by atoms with E-state index in [-0.39, 0.29) is 16.5 Å². The summed E-state index contributed by atoms with van der Waals surface area (Å²) in [6, 6.07) is 4.77. The van der Waals surface area contributed by atoms with Crippen LogP contribution < -0.4 is 10.6 Å². The minimum atomic E-state index is -3.45. The Labute approximate surface area is 124 Å². The molecule has 0 aliphatic carbocycles. The van der Waals surface area contributed by atoms with Crippen LogP contribution in [0.25, 0.3) is 0 Å². The standard InChI is InChI=1S/C14H19N3O3S/c1-16-14(18)10-3-4-12(13(9-10)21(2,19)20)17-7-5-11(15)6-8-17/h3-4,9,11H,1,5-8,15H2,2H3. The Balaban J connectivity index is 2.46. The lowest BCUT2D eigenvalue weighted by atomic mass is 10.0. The number of sulfone groups is 1. The van der Waals surface area contributed by atoms with Gasteiger partial charge in [-0.1, -0.05) is 0 Å². The number of rotatable bonds is 3. The van der Waals surface area contributed by atoms with Gasteiger partial charge in [-0.2, -0.15) is 0 Å². The molecule has 0 aromatic heterocycles. The number of anilines is 1. The molecular weight excluding hydrogens is 290 g/mol. The van der Waals surface area contributed by atoms with Crippen LogP contribution in [0.4, 0.5) is 5.69 Å². The predicted octanol–water partition coefficient (Wildman–Crippen LogP) is 0.858. The molecule has 1 aromatic rings. The summed E-state index contributed by atoms with van der Waals surface area (Å²) >= 11 is 0. The van der Waals surface area contributed by atoms with Gasteiger partial charge in [-0.15, -0.1) is 0 Å². The third-order valence-corrected chi connectivity index (χ3v) is 4.76. The van der Waals surface area contributed by atoms with Crippen molar-refractivity contribution in [2.45, 2.75) is 23.8 Å². The van der Waals surface area contributed by atoms with E-state index in [1.54, 1.807) is 12.1 Å². The smallest absolute Gasteiger partial charge is 0.276 e. The summed E-state index contributed by atoms with van der Waals surface area (Å²) in [7, 11) is -3.45. The van der Waals surface area contributed by atoms with Crippen LogP contribution in [0.2, 0.25) is 0 Å². The molecule has 2 rings (SSSR count). The quantitative estimate of drug-likeness (QED) is 0.836. The SMILES string of the molecule is C=NC(=O)c1ccc(N2CCC(N)CC2)c(S(C)(=O)=O)c1. The molecule has 1 aliphatic heterocycles. The van der Waals surface area contributed by atoms with Crippen molar-refractivity contribution < 1.29 is 13.2 Å². The highest BCUT2D eigenvalue weighted by molar-refractivity contribution is 7.90. The molecule has 114 valence electrons. The van der Waals surface area contributed by atoms with Crippen molar-refractivity contribution in [3.8, 4) is 0 Å². The van der Waals surface area contributed by atoms with Crippen LogP contribution in [-0.2, 0) is 9.84 Å². The van der Waals surface area contributed by atoms with E-state index in [1.807, 2.05) is 4.90 Å². The van der Waals surface area contributed by atoms with E-state index in [9.17, 15) is 13.2 Å². The Morgan fingerprint density at radius 3 is 2.52 bits per heavy atom. The monoisotopic (exact) mass is 309 g/mol. The van der Waals surface area contributed by atoms with Gasteiger partial charge >= 0.3 is 0 Å². The Hall–Kier alpha value is -1.73. The molecule has 1 aliphatic rings. The molecule has 0 radical (unpaired) electrons. The van der Waals surface area contributed by atoms with Gasteiger partial charge in [0.25, 0.3) is 5.91 Å². The summed E-state index contributed by atoms with van der Waals surface area (Å²) in [4.78, 5) is 17.0. The zero-order chi connectivity index (χ0) is 15.6. The van der Waals surface area contributed by atoms with Gasteiger partial charge in [-0.3, -0.25) is 4.79 Å². The minimum Gasteiger partial charge on any atom is -0.370 e. The van der Waals surface area contributed by atoms with Crippen LogP contribution in [0.3, 0.4) is 0 Å². The second-order valence-corrected chi connectivity index (χ2v) is 7.23. The maximum atomic E-state index is 12.0. The van der Waals surface area contributed by atoms with E-state index in [0.29, 0.717) is 18.8 Å². The normalized spacial score (nSPS) is 16.8. The van der Waals surface area contributed by atoms with Crippen molar-refractivity contribution in [1.29, 1.82) is 0 Å². The molecule has 21 heavy (non-hydrogen) atoms. The van der Waals surface area contributed by atoms with Crippen LogP contribution in [0, 0.1) is 0 Å². The largest absolute Gasteiger partial charge is 0.370 e. The molecule has 1 fully saturated rings. The molecule has 6 nitrogen and oxygen atoms in total. The maximum Gasteiger partial charge on any atom is 0.276 e. The van der Waals surface area contributed by atoms with Gasteiger partial charge in [0.2, 0.25) is 0 Å². The number of benzene rings is 1. The fourth-order valence-electron chi connectivity index (χ4n) is 2.44. The van der Waals surface area contributed by atoms with E-state index >= 15 is 0 Å². The van der Waals surface area contributed by atoms with Crippen molar-refractivity contribution in [2.75, 3.05) is 24.2 Å². The fraction of sp³-hybridized carbons (Fsp3) is 0.429. The molecule has 7 heteroatoms. The summed E-state index contributed by atoms with van der Waals surface area (Å²) in [5.41, 5.74) is 6.71. The summed E-state index contributed by atoms with van der Waals surface area (Å²) in [6.07, 6.45) is 2.77. The van der Waals surface area contributed by atoms with E-state index in [0.717, 1.165) is 19.1 Å². The van der Waals surface area contributed by atoms with E-state index in [4.69, 9.17) is 5.73 Å². The molecule has 0 saturated carbocycles. The lowest BCUT2D eigenvalue weighted by Crippen LogP contribution is -2.40. The van der Waals surface area contributed by atoms with Gasteiger partial charge < -0.3 is 10.6 Å². The Bertz CT molecular complexity index is 662. The van der Waals surface area contributed by atoms with Gasteiger partial charge in [0.1, 0.15) is 0 Å². The van der Waals surface area contributed by atoms with E-state index in [2.05, 4.69) is 11.7 Å². The first kappa shape index (κ1) is 15.7. The first-order chi connectivity index (χ1) is 9.82. The van der Waals surface area contributed by atoms with Crippen LogP contribution in [0.1, 0.15) is 23.2 Å². The average Bonchev–Trinajstić information content (AvgIpc) is 2.46. The molecule has 0 spiro atoms. The summed E-state index contributed by atoms with van der Waals surface area (Å²) in [5.74, 6) is -0.535. The van der Waals surface area contributed by atoms with Gasteiger partial charge in [0.15, 0.2) is 9.84 Å². The van der Waals surface area contributed by atoms with Crippen molar-refractivity contribution in [1.82, 2.24) is 0 Å². The molecular formula is C14H19N3O3S. The number of hydrogen-bond acceptors (Lipinski definition) is 5. The highest BCUT2D eigenvalue weighted by Crippen LogP contribution is 2.29. The van der Waals surface area contributed by atoms with Crippen LogP contribution >= 0.6 is 0 Å².